The van der Waals surface area contributed by atoms with Gasteiger partial charge in [0.05, 0.1) is 16.3 Å². The van der Waals surface area contributed by atoms with Crippen LogP contribution < -0.4 is 10.6 Å². The van der Waals surface area contributed by atoms with Gasteiger partial charge in [0, 0.05) is 33.7 Å². The summed E-state index contributed by atoms with van der Waals surface area (Å²) in [5, 5.41) is 6.05. The summed E-state index contributed by atoms with van der Waals surface area (Å²) in [5.41, 5.74) is 1.88. The number of aryl methyl sites for hydroxylation is 1. The largest absolute Gasteiger partial charge is 0.326 e. The fraction of sp³-hybridized carbons (Fsp3) is 0.300. The zero-order valence-corrected chi connectivity index (χ0v) is 18.4. The summed E-state index contributed by atoms with van der Waals surface area (Å²) in [6.07, 6.45) is -0.181. The summed E-state index contributed by atoms with van der Waals surface area (Å²) in [7, 11) is -3.68. The van der Waals surface area contributed by atoms with E-state index in [9.17, 15) is 18.0 Å². The number of anilines is 2. The number of benzene rings is 2. The molecule has 6 nitrogen and oxygen atoms in total. The monoisotopic (exact) mass is 452 g/mol. The van der Waals surface area contributed by atoms with Crippen LogP contribution in [0.5, 0.6) is 0 Å². The number of halogens is 1. The maximum absolute atomic E-state index is 12.7. The summed E-state index contributed by atoms with van der Waals surface area (Å²) in [5.74, 6) is -0.390. The minimum Gasteiger partial charge on any atom is -0.326 e. The molecule has 1 heterocycles. The standard InChI is InChI=1S/C20H21ClN2O4S2/c1-12-9-14(21)3-5-16(12)22-19(24)7-8-29(26,27)15-4-6-18-17(10-15)23-20(25)13(2)11-28-18/h3-6,9-10,13H,7-8,11H2,1-2H3,(H,22,24)(H,23,25). The number of nitrogens with one attached hydrogen (secondary N) is 2. The lowest BCUT2D eigenvalue weighted by molar-refractivity contribution is -0.118. The van der Waals surface area contributed by atoms with Crippen LogP contribution in [0.3, 0.4) is 0 Å². The van der Waals surface area contributed by atoms with E-state index in [1.54, 1.807) is 31.2 Å². The minimum atomic E-state index is -3.68. The number of carbonyl (C=O) groups is 2. The summed E-state index contributed by atoms with van der Waals surface area (Å²) in [4.78, 5) is 25.2. The van der Waals surface area contributed by atoms with Crippen molar-refractivity contribution in [3.05, 3.63) is 47.0 Å². The molecule has 29 heavy (non-hydrogen) atoms. The van der Waals surface area contributed by atoms with Crippen LogP contribution in [-0.2, 0) is 19.4 Å². The van der Waals surface area contributed by atoms with Crippen molar-refractivity contribution in [2.75, 3.05) is 22.1 Å². The lowest BCUT2D eigenvalue weighted by Gasteiger charge is -2.11. The Bertz CT molecular complexity index is 1070. The second-order valence-electron chi connectivity index (χ2n) is 6.94. The molecule has 0 bridgehead atoms. The van der Waals surface area contributed by atoms with E-state index >= 15 is 0 Å². The predicted octanol–water partition coefficient (Wildman–Crippen LogP) is 4.13. The number of carbonyl (C=O) groups excluding carboxylic acids is 2. The molecule has 1 aliphatic heterocycles. The molecule has 0 aromatic heterocycles. The quantitative estimate of drug-likeness (QED) is 0.711. The molecule has 0 radical (unpaired) electrons. The molecule has 0 spiro atoms. The Morgan fingerprint density at radius 2 is 2.03 bits per heavy atom. The van der Waals surface area contributed by atoms with Crippen LogP contribution >= 0.6 is 23.4 Å². The lowest BCUT2D eigenvalue weighted by atomic mass is 10.2. The van der Waals surface area contributed by atoms with E-state index in [4.69, 9.17) is 11.6 Å². The van der Waals surface area contributed by atoms with Gasteiger partial charge < -0.3 is 10.6 Å². The number of hydrogen-bond donors (Lipinski definition) is 2. The van der Waals surface area contributed by atoms with Gasteiger partial charge in [-0.15, -0.1) is 11.8 Å². The molecule has 0 saturated heterocycles. The molecule has 0 fully saturated rings. The zero-order valence-electron chi connectivity index (χ0n) is 16.0. The Kier molecular flexibility index (Phi) is 6.55. The fourth-order valence-corrected chi connectivity index (χ4v) is 5.30. The number of sulfone groups is 1. The van der Waals surface area contributed by atoms with Crippen LogP contribution in [0.1, 0.15) is 18.9 Å². The van der Waals surface area contributed by atoms with Crippen molar-refractivity contribution in [3.63, 3.8) is 0 Å². The smallest absolute Gasteiger partial charge is 0.228 e. The van der Waals surface area contributed by atoms with E-state index in [1.165, 1.54) is 23.9 Å². The maximum atomic E-state index is 12.7. The first-order valence-electron chi connectivity index (χ1n) is 9.02. The van der Waals surface area contributed by atoms with Crippen molar-refractivity contribution in [2.45, 2.75) is 30.1 Å². The van der Waals surface area contributed by atoms with Crippen molar-refractivity contribution in [1.29, 1.82) is 0 Å². The van der Waals surface area contributed by atoms with Crippen molar-refractivity contribution >= 4 is 56.4 Å². The topological polar surface area (TPSA) is 92.3 Å². The molecule has 1 atom stereocenters. The van der Waals surface area contributed by atoms with Gasteiger partial charge in [-0.2, -0.15) is 0 Å². The van der Waals surface area contributed by atoms with Crippen molar-refractivity contribution in [1.82, 2.24) is 0 Å². The third-order valence-electron chi connectivity index (χ3n) is 4.56. The number of rotatable bonds is 5. The molecule has 9 heteroatoms. The SMILES string of the molecule is Cc1cc(Cl)ccc1NC(=O)CCS(=O)(=O)c1ccc2c(c1)NC(=O)C(C)CS2. The van der Waals surface area contributed by atoms with Gasteiger partial charge in [0.15, 0.2) is 9.84 Å². The number of amides is 2. The average molecular weight is 453 g/mol. The van der Waals surface area contributed by atoms with E-state index < -0.39 is 15.7 Å². The van der Waals surface area contributed by atoms with Crippen molar-refractivity contribution in [3.8, 4) is 0 Å². The first-order valence-corrected chi connectivity index (χ1v) is 12.0. The highest BCUT2D eigenvalue weighted by atomic mass is 35.5. The fourth-order valence-electron chi connectivity index (χ4n) is 2.80. The summed E-state index contributed by atoms with van der Waals surface area (Å²) >= 11 is 7.41. The Balaban J connectivity index is 1.69. The molecule has 2 N–H and O–H groups in total. The predicted molar refractivity (Wildman–Crippen MR) is 116 cm³/mol. The van der Waals surface area contributed by atoms with Gasteiger partial charge >= 0.3 is 0 Å². The number of hydrogen-bond acceptors (Lipinski definition) is 5. The van der Waals surface area contributed by atoms with Gasteiger partial charge in [0.25, 0.3) is 0 Å². The Morgan fingerprint density at radius 3 is 2.76 bits per heavy atom. The first kappa shape index (κ1) is 21.7. The van der Waals surface area contributed by atoms with Crippen LogP contribution in [-0.4, -0.2) is 31.7 Å². The van der Waals surface area contributed by atoms with Crippen LogP contribution in [0.4, 0.5) is 11.4 Å². The molecule has 0 saturated carbocycles. The van der Waals surface area contributed by atoms with Crippen molar-refractivity contribution < 1.29 is 18.0 Å². The van der Waals surface area contributed by atoms with E-state index in [2.05, 4.69) is 10.6 Å². The molecular weight excluding hydrogens is 432 g/mol. The average Bonchev–Trinajstić information content (AvgIpc) is 2.80. The van der Waals surface area contributed by atoms with Gasteiger partial charge in [-0.3, -0.25) is 9.59 Å². The van der Waals surface area contributed by atoms with Crippen LogP contribution in [0, 0.1) is 12.8 Å². The highest BCUT2D eigenvalue weighted by Crippen LogP contribution is 2.34. The summed E-state index contributed by atoms with van der Waals surface area (Å²) < 4.78 is 25.4. The molecule has 2 aromatic rings. The second kappa shape index (κ2) is 8.77. The van der Waals surface area contributed by atoms with E-state index in [0.717, 1.165) is 10.5 Å². The van der Waals surface area contributed by atoms with Gasteiger partial charge in [-0.05, 0) is 48.9 Å². The molecule has 154 valence electrons. The Labute approximate surface area is 179 Å². The summed E-state index contributed by atoms with van der Waals surface area (Å²) in [6, 6.07) is 9.74. The van der Waals surface area contributed by atoms with Gasteiger partial charge in [0.2, 0.25) is 11.8 Å². The van der Waals surface area contributed by atoms with Gasteiger partial charge in [-0.1, -0.05) is 18.5 Å². The minimum absolute atomic E-state index is 0.0853. The third-order valence-corrected chi connectivity index (χ3v) is 7.85. The molecular formula is C20H21ClN2O4S2. The van der Waals surface area contributed by atoms with Crippen molar-refractivity contribution in [2.24, 2.45) is 5.92 Å². The number of thioether (sulfide) groups is 1. The molecule has 2 aromatic carbocycles. The highest BCUT2D eigenvalue weighted by molar-refractivity contribution is 7.99. The van der Waals surface area contributed by atoms with E-state index in [0.29, 0.717) is 22.2 Å². The number of fused-ring (bicyclic) bond motifs is 1. The molecule has 1 unspecified atom stereocenters. The lowest BCUT2D eigenvalue weighted by Crippen LogP contribution is -2.20. The van der Waals surface area contributed by atoms with Gasteiger partial charge in [-0.25, -0.2) is 8.42 Å². The van der Waals surface area contributed by atoms with Crippen LogP contribution in [0.25, 0.3) is 0 Å². The molecule has 2 amide bonds. The normalized spacial score (nSPS) is 16.5. The first-order chi connectivity index (χ1) is 13.7. The summed E-state index contributed by atoms with van der Waals surface area (Å²) in [6.45, 7) is 3.63. The maximum Gasteiger partial charge on any atom is 0.228 e. The van der Waals surface area contributed by atoms with Crippen LogP contribution in [0.15, 0.2) is 46.2 Å². The van der Waals surface area contributed by atoms with E-state index in [1.807, 2.05) is 6.92 Å². The third kappa shape index (κ3) is 5.32. The Morgan fingerprint density at radius 1 is 1.28 bits per heavy atom. The molecule has 1 aliphatic rings. The second-order valence-corrected chi connectivity index (χ2v) is 10.5. The van der Waals surface area contributed by atoms with Gasteiger partial charge in [0.1, 0.15) is 0 Å². The van der Waals surface area contributed by atoms with Crippen LogP contribution in [0.2, 0.25) is 5.02 Å². The van der Waals surface area contributed by atoms with E-state index in [-0.39, 0.29) is 28.9 Å². The Hall–Kier alpha value is -2.03. The molecule has 3 rings (SSSR count). The zero-order chi connectivity index (χ0) is 21.2. The molecule has 0 aliphatic carbocycles. The highest BCUT2D eigenvalue weighted by Gasteiger charge is 2.23.